The summed E-state index contributed by atoms with van der Waals surface area (Å²) in [5, 5.41) is 22.0. The number of aryl methyl sites for hydroxylation is 1. The number of aromatic hydroxyl groups is 1. The van der Waals surface area contributed by atoms with E-state index in [0.29, 0.717) is 5.56 Å². The Morgan fingerprint density at radius 3 is 2.48 bits per heavy atom. The van der Waals surface area contributed by atoms with E-state index in [-0.39, 0.29) is 12.4 Å². The molecule has 2 N–H and O–H groups in total. The lowest BCUT2D eigenvalue weighted by atomic mass is 9.96. The van der Waals surface area contributed by atoms with Crippen LogP contribution in [0.15, 0.2) is 28.7 Å². The molecule has 2 aromatic carbocycles. The topological polar surface area (TPSA) is 49.7 Å². The largest absolute Gasteiger partial charge is 0.507 e. The number of hydrogen-bond acceptors (Lipinski definition) is 3. The van der Waals surface area contributed by atoms with Crippen LogP contribution in [-0.2, 0) is 4.74 Å². The number of benzene rings is 2. The van der Waals surface area contributed by atoms with Gasteiger partial charge in [-0.3, -0.25) is 0 Å². The van der Waals surface area contributed by atoms with Gasteiger partial charge in [0.2, 0.25) is 0 Å². The van der Waals surface area contributed by atoms with Crippen molar-refractivity contribution in [1.82, 2.24) is 0 Å². The monoisotopic (exact) mass is 352 g/mol. The summed E-state index contributed by atoms with van der Waals surface area (Å²) < 4.78 is 6.79. The second-order valence-electron chi connectivity index (χ2n) is 6.22. The molecule has 2 rings (SSSR count). The van der Waals surface area contributed by atoms with E-state index in [1.807, 2.05) is 52.0 Å². The summed E-state index contributed by atoms with van der Waals surface area (Å²) in [5.41, 5.74) is 1.15. The number of phenols is 1. The average Bonchev–Trinajstić information content (AvgIpc) is 2.37. The molecular weight excluding hydrogens is 332 g/mol. The molecule has 0 fully saturated rings. The highest BCUT2D eigenvalue weighted by molar-refractivity contribution is 9.10. The van der Waals surface area contributed by atoms with Crippen molar-refractivity contribution in [2.45, 2.75) is 39.4 Å². The molecule has 0 aliphatic carbocycles. The fraction of sp³-hybridized carbons (Fsp3) is 0.412. The molecule has 114 valence electrons. The van der Waals surface area contributed by atoms with Crippen molar-refractivity contribution in [2.24, 2.45) is 0 Å². The highest BCUT2D eigenvalue weighted by Gasteiger charge is 2.25. The molecule has 0 bridgehead atoms. The molecule has 0 aliphatic rings. The molecule has 1 atom stereocenters. The molecule has 0 amide bonds. The van der Waals surface area contributed by atoms with Gasteiger partial charge in [0.1, 0.15) is 11.9 Å². The summed E-state index contributed by atoms with van der Waals surface area (Å²) in [7, 11) is 0. The van der Waals surface area contributed by atoms with E-state index in [4.69, 9.17) is 4.74 Å². The van der Waals surface area contributed by atoms with Crippen molar-refractivity contribution in [2.75, 3.05) is 6.61 Å². The fourth-order valence-electron chi connectivity index (χ4n) is 2.52. The third-order valence-electron chi connectivity index (χ3n) is 3.31. The normalized spacial score (nSPS) is 13.6. The van der Waals surface area contributed by atoms with Gasteiger partial charge in [-0.2, -0.15) is 0 Å². The lowest BCUT2D eigenvalue weighted by molar-refractivity contribution is -0.0830. The second-order valence-corrected chi connectivity index (χ2v) is 7.14. The predicted octanol–water partition coefficient (Wildman–Crippen LogP) is 4.46. The quantitative estimate of drug-likeness (QED) is 0.856. The molecule has 0 aliphatic heterocycles. The molecule has 0 aromatic heterocycles. The summed E-state index contributed by atoms with van der Waals surface area (Å²) in [6.07, 6.45) is -0.548. The number of aliphatic hydroxyl groups excluding tert-OH is 1. The van der Waals surface area contributed by atoms with Crippen LogP contribution in [0.3, 0.4) is 0 Å². The van der Waals surface area contributed by atoms with Crippen LogP contribution < -0.4 is 0 Å². The van der Waals surface area contributed by atoms with Crippen LogP contribution in [0.1, 0.15) is 38.0 Å². The maximum atomic E-state index is 10.6. The number of ether oxygens (including phenoxy) is 1. The minimum atomic E-state index is -0.548. The van der Waals surface area contributed by atoms with Crippen molar-refractivity contribution in [3.8, 4) is 5.75 Å². The van der Waals surface area contributed by atoms with Gasteiger partial charge in [-0.25, -0.2) is 0 Å². The van der Waals surface area contributed by atoms with Crippen molar-refractivity contribution in [1.29, 1.82) is 0 Å². The zero-order valence-corrected chi connectivity index (χ0v) is 14.4. The number of rotatable bonds is 3. The van der Waals surface area contributed by atoms with Crippen molar-refractivity contribution < 1.29 is 14.9 Å². The molecule has 0 spiro atoms. The summed E-state index contributed by atoms with van der Waals surface area (Å²) in [4.78, 5) is 0. The molecule has 21 heavy (non-hydrogen) atoms. The summed E-state index contributed by atoms with van der Waals surface area (Å²) in [6.45, 7) is 7.54. The van der Waals surface area contributed by atoms with Crippen LogP contribution in [0.25, 0.3) is 10.8 Å². The van der Waals surface area contributed by atoms with E-state index >= 15 is 0 Å². The van der Waals surface area contributed by atoms with Gasteiger partial charge in [0.25, 0.3) is 0 Å². The van der Waals surface area contributed by atoms with Gasteiger partial charge in [-0.1, -0.05) is 28.1 Å². The zero-order chi connectivity index (χ0) is 15.8. The minimum Gasteiger partial charge on any atom is -0.507 e. The molecule has 0 heterocycles. The molecule has 0 saturated carbocycles. The second kappa shape index (κ2) is 5.95. The summed E-state index contributed by atoms with van der Waals surface area (Å²) >= 11 is 3.42. The van der Waals surface area contributed by atoms with E-state index in [1.165, 1.54) is 0 Å². The number of hydrogen-bond donors (Lipinski definition) is 2. The van der Waals surface area contributed by atoms with Crippen molar-refractivity contribution in [3.63, 3.8) is 0 Å². The fourth-order valence-corrected chi connectivity index (χ4v) is 2.88. The first-order valence-electron chi connectivity index (χ1n) is 6.93. The molecular formula is C17H21BrO3. The van der Waals surface area contributed by atoms with Gasteiger partial charge in [-0.05, 0) is 50.8 Å². The Hall–Kier alpha value is -1.10. The van der Waals surface area contributed by atoms with Gasteiger partial charge < -0.3 is 14.9 Å². The molecule has 0 radical (unpaired) electrons. The number of halogens is 1. The Bertz CT molecular complexity index is 659. The predicted molar refractivity (Wildman–Crippen MR) is 88.7 cm³/mol. The molecule has 0 saturated heterocycles. The number of phenolic OH excluding ortho intramolecular Hbond substituents is 1. The maximum Gasteiger partial charge on any atom is 0.129 e. The third kappa shape index (κ3) is 3.57. The van der Waals surface area contributed by atoms with Crippen molar-refractivity contribution in [3.05, 3.63) is 39.9 Å². The van der Waals surface area contributed by atoms with Crippen LogP contribution in [0, 0.1) is 6.92 Å². The summed E-state index contributed by atoms with van der Waals surface area (Å²) in [5.74, 6) is 0.176. The third-order valence-corrected chi connectivity index (χ3v) is 3.80. The first kappa shape index (κ1) is 16.3. The Balaban J connectivity index is 2.61. The maximum absolute atomic E-state index is 10.6. The highest BCUT2D eigenvalue weighted by atomic mass is 79.9. The van der Waals surface area contributed by atoms with Crippen LogP contribution in [-0.4, -0.2) is 22.4 Å². The molecule has 2 aromatic rings. The zero-order valence-electron chi connectivity index (χ0n) is 12.8. The highest BCUT2D eigenvalue weighted by Crippen LogP contribution is 2.39. The van der Waals surface area contributed by atoms with E-state index in [2.05, 4.69) is 15.9 Å². The van der Waals surface area contributed by atoms with Crippen molar-refractivity contribution >= 4 is 26.7 Å². The Labute approximate surface area is 133 Å². The van der Waals surface area contributed by atoms with Gasteiger partial charge in [-0.15, -0.1) is 0 Å². The average molecular weight is 353 g/mol. The lowest BCUT2D eigenvalue weighted by Gasteiger charge is -2.28. The van der Waals surface area contributed by atoms with Crippen LogP contribution in [0.2, 0.25) is 0 Å². The van der Waals surface area contributed by atoms with Gasteiger partial charge in [0, 0.05) is 15.4 Å². The standard InChI is InChI=1S/C17H21BrO3/c1-10-7-11-5-6-12(18)8-13(11)16(20)15(10)14(9-19)21-17(2,3)4/h5-8,14,19-20H,9H2,1-4H3. The SMILES string of the molecule is Cc1cc2ccc(Br)cc2c(O)c1C(CO)OC(C)(C)C. The Morgan fingerprint density at radius 2 is 1.90 bits per heavy atom. The van der Waals surface area contributed by atoms with Gasteiger partial charge >= 0.3 is 0 Å². The Kier molecular flexibility index (Phi) is 4.61. The summed E-state index contributed by atoms with van der Waals surface area (Å²) in [6, 6.07) is 7.77. The lowest BCUT2D eigenvalue weighted by Crippen LogP contribution is -2.25. The van der Waals surface area contributed by atoms with Gasteiger partial charge in [0.15, 0.2) is 0 Å². The Morgan fingerprint density at radius 1 is 1.24 bits per heavy atom. The van der Waals surface area contributed by atoms with Crippen LogP contribution in [0.5, 0.6) is 5.75 Å². The van der Waals surface area contributed by atoms with Crippen LogP contribution in [0.4, 0.5) is 0 Å². The molecule has 4 heteroatoms. The van der Waals surface area contributed by atoms with E-state index < -0.39 is 11.7 Å². The van der Waals surface area contributed by atoms with Crippen LogP contribution >= 0.6 is 15.9 Å². The van der Waals surface area contributed by atoms with Gasteiger partial charge in [0.05, 0.1) is 12.2 Å². The number of fused-ring (bicyclic) bond motifs is 1. The smallest absolute Gasteiger partial charge is 0.129 e. The number of aliphatic hydroxyl groups is 1. The van der Waals surface area contributed by atoms with E-state index in [9.17, 15) is 10.2 Å². The van der Waals surface area contributed by atoms with E-state index in [0.717, 1.165) is 20.8 Å². The molecule has 1 unspecified atom stereocenters. The molecule has 3 nitrogen and oxygen atoms in total. The van der Waals surface area contributed by atoms with E-state index in [1.54, 1.807) is 0 Å². The minimum absolute atomic E-state index is 0.175. The first-order chi connectivity index (χ1) is 9.73. The first-order valence-corrected chi connectivity index (χ1v) is 7.72.